The molecule has 14 heteroatoms. The number of hydrogen-bond donors (Lipinski definition) is 2. The molecule has 1 amide bonds. The smallest absolute Gasteiger partial charge is 0.255 e. The lowest BCUT2D eigenvalue weighted by atomic mass is 9.94. The second kappa shape index (κ2) is 12.6. The summed E-state index contributed by atoms with van der Waals surface area (Å²) in [6.07, 6.45) is 2.32. The molecule has 0 saturated carbocycles. The van der Waals surface area contributed by atoms with Crippen LogP contribution in [0.1, 0.15) is 35.9 Å². The monoisotopic (exact) mass is 738 g/mol. The van der Waals surface area contributed by atoms with Gasteiger partial charge < -0.3 is 14.8 Å². The van der Waals surface area contributed by atoms with Gasteiger partial charge in [-0.25, -0.2) is 27.2 Å². The first-order valence-electron chi connectivity index (χ1n) is 17.1. The maximum absolute atomic E-state index is 15.3. The summed E-state index contributed by atoms with van der Waals surface area (Å²) in [4.78, 5) is 25.7. The number of fused-ring (bicyclic) bond motifs is 6. The third-order valence-electron chi connectivity index (χ3n) is 10.2. The van der Waals surface area contributed by atoms with Crippen molar-refractivity contribution in [2.75, 3.05) is 37.7 Å². The lowest BCUT2D eigenvalue weighted by molar-refractivity contribution is -0.00791. The molecule has 11 nitrogen and oxygen atoms in total. The van der Waals surface area contributed by atoms with Crippen LogP contribution in [0.5, 0.6) is 0 Å². The first-order valence-corrected chi connectivity index (χ1v) is 18.9. The van der Waals surface area contributed by atoms with Crippen LogP contribution < -0.4 is 9.62 Å². The van der Waals surface area contributed by atoms with Gasteiger partial charge >= 0.3 is 0 Å². The van der Waals surface area contributed by atoms with Crippen LogP contribution in [0.15, 0.2) is 77.2 Å². The lowest BCUT2D eigenvalue weighted by Gasteiger charge is -2.35. The van der Waals surface area contributed by atoms with E-state index in [2.05, 4.69) is 10.2 Å². The number of anilines is 1. The molecular weight excluding hydrogens is 703 g/mol. The van der Waals surface area contributed by atoms with Gasteiger partial charge in [0.2, 0.25) is 10.0 Å². The van der Waals surface area contributed by atoms with Gasteiger partial charge in [0.15, 0.2) is 0 Å². The van der Waals surface area contributed by atoms with E-state index in [-0.39, 0.29) is 22.6 Å². The van der Waals surface area contributed by atoms with Crippen molar-refractivity contribution >= 4 is 60.0 Å². The minimum atomic E-state index is -3.80. The van der Waals surface area contributed by atoms with Crippen LogP contribution in [-0.2, 0) is 16.6 Å². The van der Waals surface area contributed by atoms with Gasteiger partial charge in [0.05, 0.1) is 51.9 Å². The molecule has 1 saturated heterocycles. The Morgan fingerprint density at radius 1 is 1.00 bits per heavy atom. The Labute approximate surface area is 303 Å². The van der Waals surface area contributed by atoms with Crippen molar-refractivity contribution in [1.82, 2.24) is 24.6 Å². The Balaban J connectivity index is 1.37. The van der Waals surface area contributed by atoms with Crippen molar-refractivity contribution in [1.29, 1.82) is 0 Å². The van der Waals surface area contributed by atoms with E-state index in [9.17, 15) is 22.7 Å². The highest BCUT2D eigenvalue weighted by molar-refractivity contribution is 7.92. The highest BCUT2D eigenvalue weighted by atomic mass is 32.2. The van der Waals surface area contributed by atoms with Crippen LogP contribution in [0.2, 0.25) is 0 Å². The predicted molar refractivity (Wildman–Crippen MR) is 200 cm³/mol. The van der Waals surface area contributed by atoms with Crippen LogP contribution in [0.4, 0.5) is 14.5 Å². The summed E-state index contributed by atoms with van der Waals surface area (Å²) >= 11 is 0. The standard InChI is InChI=1S/C39H36F2N6O5S/c1-39(49)14-16-46(17-15-39)21-34-43-29-13-12-28(44-36(29)32-19-24-27(41)6-5-7-30(24)47(32)34)25-18-26-33(20-31(25)45(3)53(4,50)51)52-37(35(26)38(48)42-2)22-8-10-23(40)11-9-22/h5-13,18-20,49H,14-17,21H2,1-4H3,(H,42,48). The number of aromatic nitrogens is 3. The molecule has 0 bridgehead atoms. The summed E-state index contributed by atoms with van der Waals surface area (Å²) in [6.45, 7) is 3.65. The second-order valence-electron chi connectivity index (χ2n) is 13.9. The van der Waals surface area contributed by atoms with Gasteiger partial charge in [-0.05, 0) is 80.4 Å². The maximum atomic E-state index is 15.3. The second-order valence-corrected chi connectivity index (χ2v) is 15.9. The van der Waals surface area contributed by atoms with Crippen molar-refractivity contribution in [3.63, 3.8) is 0 Å². The summed E-state index contributed by atoms with van der Waals surface area (Å²) in [5.74, 6) is -0.430. The van der Waals surface area contributed by atoms with E-state index < -0.39 is 33.2 Å². The van der Waals surface area contributed by atoms with Gasteiger partial charge in [-0.2, -0.15) is 0 Å². The molecule has 2 N–H and O–H groups in total. The van der Waals surface area contributed by atoms with Crippen molar-refractivity contribution in [3.8, 4) is 22.6 Å². The lowest BCUT2D eigenvalue weighted by Crippen LogP contribution is -2.42. The molecule has 0 atom stereocenters. The number of aliphatic hydroxyl groups is 1. The summed E-state index contributed by atoms with van der Waals surface area (Å²) in [6, 6.07) is 18.9. The zero-order chi connectivity index (χ0) is 37.4. The van der Waals surface area contributed by atoms with E-state index in [0.29, 0.717) is 88.0 Å². The summed E-state index contributed by atoms with van der Waals surface area (Å²) in [5.41, 5.74) is 3.40. The molecule has 0 unspecified atom stereocenters. The van der Waals surface area contributed by atoms with Crippen LogP contribution in [0, 0.1) is 11.6 Å². The van der Waals surface area contributed by atoms with E-state index in [0.717, 1.165) is 10.6 Å². The molecule has 0 radical (unpaired) electrons. The average Bonchev–Trinajstić information content (AvgIpc) is 3.71. The summed E-state index contributed by atoms with van der Waals surface area (Å²) in [7, 11) is -0.897. The third-order valence-corrected chi connectivity index (χ3v) is 11.4. The highest BCUT2D eigenvalue weighted by Crippen LogP contribution is 2.42. The van der Waals surface area contributed by atoms with Gasteiger partial charge in [-0.15, -0.1) is 0 Å². The summed E-state index contributed by atoms with van der Waals surface area (Å²) < 4.78 is 64.4. The number of pyridine rings is 1. The number of sulfonamides is 1. The fraction of sp³-hybridized carbons (Fsp3) is 0.256. The Bertz CT molecular complexity index is 2720. The number of rotatable bonds is 7. The highest BCUT2D eigenvalue weighted by Gasteiger charge is 2.29. The number of nitrogens with one attached hydrogen (secondary N) is 1. The molecule has 7 aromatic rings. The van der Waals surface area contributed by atoms with Crippen LogP contribution in [0.3, 0.4) is 0 Å². The largest absolute Gasteiger partial charge is 0.455 e. The quantitative estimate of drug-likeness (QED) is 0.190. The number of benzene rings is 3. The zero-order valence-corrected chi connectivity index (χ0v) is 30.3. The van der Waals surface area contributed by atoms with Crippen LogP contribution >= 0.6 is 0 Å². The Morgan fingerprint density at radius 2 is 1.74 bits per heavy atom. The van der Waals surface area contributed by atoms with Crippen molar-refractivity contribution < 1.29 is 31.5 Å². The molecule has 1 aliphatic rings. The molecule has 1 fully saturated rings. The Kier molecular flexibility index (Phi) is 8.24. The average molecular weight is 739 g/mol. The normalized spacial score (nSPS) is 15.2. The molecule has 0 spiro atoms. The first-order chi connectivity index (χ1) is 25.2. The van der Waals surface area contributed by atoms with Crippen LogP contribution in [-0.4, -0.2) is 77.7 Å². The number of carbonyl (C=O) groups is 1. The Morgan fingerprint density at radius 3 is 2.43 bits per heavy atom. The number of furan rings is 1. The number of likely N-dealkylation sites (tertiary alicyclic amines) is 1. The minimum Gasteiger partial charge on any atom is -0.455 e. The SMILES string of the molecule is CNC(=O)c1c(-c2ccc(F)cc2)oc2cc(N(C)S(C)(=O)=O)c(-c3ccc4nc(CN5CCC(C)(O)CC5)n5c6cccc(F)c6cc5c4n3)cc12. The van der Waals surface area contributed by atoms with Crippen molar-refractivity contribution in [3.05, 3.63) is 95.8 Å². The molecule has 272 valence electrons. The molecule has 0 aliphatic carbocycles. The molecule has 4 aromatic heterocycles. The van der Waals surface area contributed by atoms with Crippen molar-refractivity contribution in [2.45, 2.75) is 31.9 Å². The minimum absolute atomic E-state index is 0.186. The number of piperidine rings is 1. The van der Waals surface area contributed by atoms with Crippen LogP contribution in [0.25, 0.3) is 61.0 Å². The fourth-order valence-corrected chi connectivity index (χ4v) is 7.66. The van der Waals surface area contributed by atoms with E-state index in [1.807, 2.05) is 17.4 Å². The first kappa shape index (κ1) is 34.6. The molecule has 53 heavy (non-hydrogen) atoms. The molecule has 8 rings (SSSR count). The number of carbonyl (C=O) groups excluding carboxylic acids is 1. The number of hydrogen-bond acceptors (Lipinski definition) is 8. The van der Waals surface area contributed by atoms with Crippen molar-refractivity contribution in [2.24, 2.45) is 0 Å². The van der Waals surface area contributed by atoms with E-state index in [1.165, 1.54) is 44.4 Å². The summed E-state index contributed by atoms with van der Waals surface area (Å²) in [5, 5.41) is 14.0. The molecule has 3 aromatic carbocycles. The van der Waals surface area contributed by atoms with Gasteiger partial charge in [0, 0.05) is 55.2 Å². The van der Waals surface area contributed by atoms with Gasteiger partial charge in [-0.3, -0.25) is 18.4 Å². The number of nitrogens with zero attached hydrogens (tertiary/aromatic N) is 5. The number of halogens is 2. The van der Waals surface area contributed by atoms with Gasteiger partial charge in [0.1, 0.15) is 34.3 Å². The number of amides is 1. The van der Waals surface area contributed by atoms with Gasteiger partial charge in [-0.1, -0.05) is 6.07 Å². The Hall–Kier alpha value is -5.44. The molecular formula is C39H36F2N6O5S. The molecule has 1 aliphatic heterocycles. The zero-order valence-electron chi connectivity index (χ0n) is 29.4. The predicted octanol–water partition coefficient (Wildman–Crippen LogP) is 6.50. The van der Waals surface area contributed by atoms with Gasteiger partial charge in [0.25, 0.3) is 5.91 Å². The fourth-order valence-electron chi connectivity index (χ4n) is 7.15. The topological polar surface area (TPSA) is 133 Å². The molecule has 5 heterocycles. The van der Waals surface area contributed by atoms with E-state index >= 15 is 4.39 Å². The van der Waals surface area contributed by atoms with E-state index in [4.69, 9.17) is 14.4 Å². The van der Waals surface area contributed by atoms with E-state index in [1.54, 1.807) is 36.4 Å². The maximum Gasteiger partial charge on any atom is 0.255 e. The third kappa shape index (κ3) is 6.06.